The van der Waals surface area contributed by atoms with E-state index in [1.54, 1.807) is 0 Å². The van der Waals surface area contributed by atoms with Crippen molar-refractivity contribution >= 4 is 6.09 Å². The summed E-state index contributed by atoms with van der Waals surface area (Å²) in [4.78, 5) is 11.7. The maximum atomic E-state index is 11.7. The summed E-state index contributed by atoms with van der Waals surface area (Å²) in [7, 11) is 0. The molecule has 3 nitrogen and oxygen atoms in total. The predicted octanol–water partition coefficient (Wildman–Crippen LogP) is 4.43. The van der Waals surface area contributed by atoms with Gasteiger partial charge in [0.1, 0.15) is 5.60 Å². The van der Waals surface area contributed by atoms with Crippen LogP contribution in [0, 0.1) is 0 Å². The van der Waals surface area contributed by atoms with E-state index in [1.807, 2.05) is 26.8 Å². The summed E-state index contributed by atoms with van der Waals surface area (Å²) < 4.78 is 5.26. The molecule has 0 fully saturated rings. The Labute approximate surface area is 112 Å². The molecule has 0 aromatic heterocycles. The molecule has 0 aromatic carbocycles. The van der Waals surface area contributed by atoms with Gasteiger partial charge in [0, 0.05) is 6.04 Å². The number of carbonyl (C=O) groups is 1. The van der Waals surface area contributed by atoms with Crippen molar-refractivity contribution in [2.24, 2.45) is 0 Å². The molecule has 0 aliphatic carbocycles. The van der Waals surface area contributed by atoms with Gasteiger partial charge in [0.2, 0.25) is 0 Å². The van der Waals surface area contributed by atoms with Crippen LogP contribution in [0.5, 0.6) is 0 Å². The van der Waals surface area contributed by atoms with E-state index in [0.29, 0.717) is 0 Å². The lowest BCUT2D eigenvalue weighted by molar-refractivity contribution is 0.0501. The van der Waals surface area contributed by atoms with Gasteiger partial charge in [-0.2, -0.15) is 0 Å². The number of carbonyl (C=O) groups excluding carboxylic acids is 1. The minimum atomic E-state index is -0.439. The van der Waals surface area contributed by atoms with Gasteiger partial charge < -0.3 is 10.1 Å². The smallest absolute Gasteiger partial charge is 0.407 e. The van der Waals surface area contributed by atoms with Crippen molar-refractivity contribution in [3.63, 3.8) is 0 Å². The Morgan fingerprint density at radius 1 is 1.33 bits per heavy atom. The van der Waals surface area contributed by atoms with Crippen LogP contribution in [0.2, 0.25) is 0 Å². The van der Waals surface area contributed by atoms with Gasteiger partial charge in [0.25, 0.3) is 0 Å². The third-order valence-electron chi connectivity index (χ3n) is 2.58. The highest BCUT2D eigenvalue weighted by Crippen LogP contribution is 2.11. The summed E-state index contributed by atoms with van der Waals surface area (Å²) in [5, 5.41) is 2.92. The highest BCUT2D eigenvalue weighted by Gasteiger charge is 2.18. The lowest BCUT2D eigenvalue weighted by Crippen LogP contribution is -2.38. The molecule has 0 bridgehead atoms. The summed E-state index contributed by atoms with van der Waals surface area (Å²) in [5.41, 5.74) is -0.439. The average Bonchev–Trinajstić information content (AvgIpc) is 2.21. The SMILES string of the molecule is C=CC[C@@H](CCCCCC)NC(=O)OC(C)(C)C. The highest BCUT2D eigenvalue weighted by molar-refractivity contribution is 5.68. The Morgan fingerprint density at radius 3 is 2.50 bits per heavy atom. The van der Waals surface area contributed by atoms with Gasteiger partial charge in [0.05, 0.1) is 0 Å². The fourth-order valence-corrected chi connectivity index (χ4v) is 1.74. The number of unbranched alkanes of at least 4 members (excludes halogenated alkanes) is 3. The standard InChI is InChI=1S/C15H29NO2/c1-6-8-9-10-12-13(11-7-2)16-14(17)18-15(3,4)5/h7,13H,2,6,8-12H2,1,3-5H3,(H,16,17)/t13-/m0/s1. The minimum absolute atomic E-state index is 0.147. The van der Waals surface area contributed by atoms with Gasteiger partial charge in [0.15, 0.2) is 0 Å². The Kier molecular flexibility index (Phi) is 8.51. The van der Waals surface area contributed by atoms with E-state index in [0.717, 1.165) is 19.3 Å². The summed E-state index contributed by atoms with van der Waals surface area (Å²) in [6.45, 7) is 11.5. The van der Waals surface area contributed by atoms with Crippen molar-refractivity contribution in [2.75, 3.05) is 0 Å². The second kappa shape index (κ2) is 9.01. The molecule has 18 heavy (non-hydrogen) atoms. The van der Waals surface area contributed by atoms with Gasteiger partial charge in [-0.05, 0) is 33.6 Å². The number of ether oxygens (including phenoxy) is 1. The summed E-state index contributed by atoms with van der Waals surface area (Å²) >= 11 is 0. The van der Waals surface area contributed by atoms with E-state index in [9.17, 15) is 4.79 Å². The van der Waals surface area contributed by atoms with Crippen LogP contribution in [-0.4, -0.2) is 17.7 Å². The maximum Gasteiger partial charge on any atom is 0.407 e. The van der Waals surface area contributed by atoms with Gasteiger partial charge in [-0.1, -0.05) is 38.7 Å². The zero-order chi connectivity index (χ0) is 14.0. The number of hydrogen-bond acceptors (Lipinski definition) is 2. The quantitative estimate of drug-likeness (QED) is 0.515. The zero-order valence-corrected chi connectivity index (χ0v) is 12.4. The van der Waals surface area contributed by atoms with Gasteiger partial charge >= 0.3 is 6.09 Å². The topological polar surface area (TPSA) is 38.3 Å². The van der Waals surface area contributed by atoms with Crippen LogP contribution >= 0.6 is 0 Å². The molecule has 0 rings (SSSR count). The van der Waals surface area contributed by atoms with Crippen LogP contribution in [0.1, 0.15) is 66.2 Å². The molecule has 0 saturated carbocycles. The normalized spacial score (nSPS) is 12.9. The van der Waals surface area contributed by atoms with Crippen LogP contribution in [0.25, 0.3) is 0 Å². The zero-order valence-electron chi connectivity index (χ0n) is 12.4. The van der Waals surface area contributed by atoms with Gasteiger partial charge in [-0.25, -0.2) is 4.79 Å². The first-order valence-corrected chi connectivity index (χ1v) is 6.99. The lowest BCUT2D eigenvalue weighted by Gasteiger charge is -2.23. The van der Waals surface area contributed by atoms with Crippen LogP contribution in [-0.2, 0) is 4.74 Å². The highest BCUT2D eigenvalue weighted by atomic mass is 16.6. The second-order valence-corrected chi connectivity index (χ2v) is 5.72. The van der Waals surface area contributed by atoms with Crippen molar-refractivity contribution in [3.8, 4) is 0 Å². The molecule has 0 radical (unpaired) electrons. The van der Waals surface area contributed by atoms with Crippen molar-refractivity contribution < 1.29 is 9.53 Å². The summed E-state index contributed by atoms with van der Waals surface area (Å²) in [5.74, 6) is 0. The number of nitrogens with one attached hydrogen (secondary N) is 1. The first kappa shape index (κ1) is 17.0. The average molecular weight is 255 g/mol. The Balaban J connectivity index is 4.01. The minimum Gasteiger partial charge on any atom is -0.444 e. The Morgan fingerprint density at radius 2 is 2.00 bits per heavy atom. The first-order valence-electron chi connectivity index (χ1n) is 6.99. The molecular formula is C15H29NO2. The molecule has 0 saturated heterocycles. The van der Waals surface area contributed by atoms with E-state index < -0.39 is 5.60 Å². The van der Waals surface area contributed by atoms with Crippen LogP contribution in [0.3, 0.4) is 0 Å². The van der Waals surface area contributed by atoms with E-state index in [1.165, 1.54) is 19.3 Å². The van der Waals surface area contributed by atoms with Crippen molar-refractivity contribution in [3.05, 3.63) is 12.7 Å². The third-order valence-corrected chi connectivity index (χ3v) is 2.58. The maximum absolute atomic E-state index is 11.7. The van der Waals surface area contributed by atoms with Crippen molar-refractivity contribution in [1.82, 2.24) is 5.32 Å². The van der Waals surface area contributed by atoms with E-state index in [4.69, 9.17) is 4.74 Å². The molecule has 0 heterocycles. The molecule has 0 aromatic rings. The van der Waals surface area contributed by atoms with Crippen LogP contribution < -0.4 is 5.32 Å². The molecule has 0 aliphatic heterocycles. The number of amides is 1. The predicted molar refractivity (Wildman–Crippen MR) is 76.7 cm³/mol. The van der Waals surface area contributed by atoms with Crippen LogP contribution in [0.4, 0.5) is 4.79 Å². The first-order chi connectivity index (χ1) is 8.39. The van der Waals surface area contributed by atoms with Crippen molar-refractivity contribution in [1.29, 1.82) is 0 Å². The fourth-order valence-electron chi connectivity index (χ4n) is 1.74. The summed E-state index contributed by atoms with van der Waals surface area (Å²) in [6.07, 6.45) is 8.16. The number of rotatable bonds is 8. The van der Waals surface area contributed by atoms with Gasteiger partial charge in [-0.15, -0.1) is 6.58 Å². The molecule has 0 aliphatic rings. The fraction of sp³-hybridized carbons (Fsp3) is 0.800. The Bertz CT molecular complexity index is 243. The monoisotopic (exact) mass is 255 g/mol. The molecule has 0 unspecified atom stereocenters. The van der Waals surface area contributed by atoms with E-state index in [2.05, 4.69) is 18.8 Å². The number of hydrogen-bond donors (Lipinski definition) is 1. The molecule has 1 atom stereocenters. The van der Waals surface area contributed by atoms with Gasteiger partial charge in [-0.3, -0.25) is 0 Å². The molecule has 1 N–H and O–H groups in total. The Hall–Kier alpha value is -0.990. The summed E-state index contributed by atoms with van der Waals surface area (Å²) in [6, 6.07) is 0.147. The molecule has 0 spiro atoms. The largest absolute Gasteiger partial charge is 0.444 e. The molecule has 3 heteroatoms. The van der Waals surface area contributed by atoms with E-state index >= 15 is 0 Å². The lowest BCUT2D eigenvalue weighted by atomic mass is 10.0. The molecule has 106 valence electrons. The van der Waals surface area contributed by atoms with E-state index in [-0.39, 0.29) is 12.1 Å². The third kappa shape index (κ3) is 10.2. The second-order valence-electron chi connectivity index (χ2n) is 5.72. The number of alkyl carbamates (subject to hydrolysis) is 1. The van der Waals surface area contributed by atoms with Crippen LogP contribution in [0.15, 0.2) is 12.7 Å². The van der Waals surface area contributed by atoms with Crippen molar-refractivity contribution in [2.45, 2.75) is 77.9 Å². The molecular weight excluding hydrogens is 226 g/mol. The molecule has 1 amide bonds.